The van der Waals surface area contributed by atoms with Crippen LogP contribution < -0.4 is 5.32 Å². The summed E-state index contributed by atoms with van der Waals surface area (Å²) in [5.41, 5.74) is 0. The van der Waals surface area contributed by atoms with Crippen LogP contribution in [-0.2, 0) is 14.9 Å². The number of hydrogen-bond donors (Lipinski definition) is 3. The zero-order valence-corrected chi connectivity index (χ0v) is 23.7. The van der Waals surface area contributed by atoms with Gasteiger partial charge >= 0.3 is 0 Å². The molecule has 0 saturated heterocycles. The van der Waals surface area contributed by atoms with Crippen molar-refractivity contribution in [1.29, 1.82) is 0 Å². The molecule has 2 atom stereocenters. The van der Waals surface area contributed by atoms with E-state index in [1.807, 2.05) is 0 Å². The molecule has 0 bridgehead atoms. The molecule has 0 fully saturated rings. The zero-order chi connectivity index (χ0) is 26.9. The Hall–Kier alpha value is -1.44. The molecule has 0 aromatic carbocycles. The van der Waals surface area contributed by atoms with Crippen molar-refractivity contribution in [1.82, 2.24) is 5.32 Å². The maximum Gasteiger partial charge on any atom is 0.267 e. The van der Waals surface area contributed by atoms with Gasteiger partial charge in [-0.1, -0.05) is 102 Å². The van der Waals surface area contributed by atoms with E-state index in [2.05, 4.69) is 43.5 Å². The van der Waals surface area contributed by atoms with E-state index in [9.17, 15) is 22.9 Å². The smallest absolute Gasteiger partial charge is 0.267 e. The minimum absolute atomic E-state index is 0.276. The van der Waals surface area contributed by atoms with Gasteiger partial charge < -0.3 is 10.4 Å². The largest absolute Gasteiger partial charge is 0.387 e. The highest BCUT2D eigenvalue weighted by molar-refractivity contribution is 7.85. The van der Waals surface area contributed by atoms with E-state index in [-0.39, 0.29) is 12.3 Å². The molecule has 0 aliphatic rings. The van der Waals surface area contributed by atoms with E-state index in [0.29, 0.717) is 12.8 Å². The van der Waals surface area contributed by atoms with E-state index >= 15 is 0 Å². The van der Waals surface area contributed by atoms with E-state index in [0.717, 1.165) is 51.4 Å². The summed E-state index contributed by atoms with van der Waals surface area (Å²) in [6.07, 6.45) is 28.5. The molecular formula is C29H53NO5S. The molecule has 0 aromatic heterocycles. The molecular weight excluding hydrogens is 474 g/mol. The summed E-state index contributed by atoms with van der Waals surface area (Å²) in [5.74, 6) is -1.02. The maximum atomic E-state index is 12.3. The van der Waals surface area contributed by atoms with Crippen molar-refractivity contribution < 1.29 is 22.9 Å². The van der Waals surface area contributed by atoms with Gasteiger partial charge in [0.1, 0.15) is 0 Å². The van der Waals surface area contributed by atoms with Crippen molar-refractivity contribution in [2.45, 2.75) is 135 Å². The Morgan fingerprint density at radius 2 is 1.22 bits per heavy atom. The normalized spacial score (nSPS) is 14.2. The van der Waals surface area contributed by atoms with E-state index in [1.54, 1.807) is 6.08 Å². The number of rotatable bonds is 24. The van der Waals surface area contributed by atoms with Gasteiger partial charge in [0.05, 0.1) is 17.9 Å². The highest BCUT2D eigenvalue weighted by atomic mass is 32.2. The van der Waals surface area contributed by atoms with Crippen LogP contribution in [0.15, 0.2) is 36.5 Å². The Morgan fingerprint density at radius 3 is 1.83 bits per heavy atom. The summed E-state index contributed by atoms with van der Waals surface area (Å²) in [5, 5.41) is 13.0. The Morgan fingerprint density at radius 1 is 0.722 bits per heavy atom. The number of nitrogens with one attached hydrogen (secondary N) is 1. The Balaban J connectivity index is 4.23. The molecule has 3 N–H and O–H groups in total. The number of hydrogen-bond acceptors (Lipinski definition) is 4. The number of unbranched alkanes of at least 4 members (excludes halogenated alkanes) is 12. The van der Waals surface area contributed by atoms with Gasteiger partial charge in [0.2, 0.25) is 5.91 Å². The molecule has 1 amide bonds. The average Bonchev–Trinajstić information content (AvgIpc) is 2.82. The summed E-state index contributed by atoms with van der Waals surface area (Å²) in [4.78, 5) is 12.3. The fourth-order valence-electron chi connectivity index (χ4n) is 3.85. The number of carbonyl (C=O) groups is 1. The van der Waals surface area contributed by atoms with Crippen molar-refractivity contribution in [3.8, 4) is 0 Å². The number of aliphatic hydroxyl groups is 1. The molecule has 0 radical (unpaired) electrons. The predicted molar refractivity (Wildman–Crippen MR) is 152 cm³/mol. The van der Waals surface area contributed by atoms with Crippen LogP contribution in [0.3, 0.4) is 0 Å². The fourth-order valence-corrected chi connectivity index (χ4v) is 4.59. The lowest BCUT2D eigenvalue weighted by molar-refractivity contribution is -0.122. The third-order valence-corrected chi connectivity index (χ3v) is 6.82. The van der Waals surface area contributed by atoms with Crippen LogP contribution in [0.25, 0.3) is 0 Å². The van der Waals surface area contributed by atoms with Gasteiger partial charge in [0, 0.05) is 6.42 Å². The van der Waals surface area contributed by atoms with Crippen LogP contribution in [0.1, 0.15) is 123 Å². The minimum Gasteiger partial charge on any atom is -0.387 e. The van der Waals surface area contributed by atoms with E-state index in [1.165, 1.54) is 44.6 Å². The second kappa shape index (κ2) is 23.9. The molecule has 0 aliphatic heterocycles. The third-order valence-electron chi connectivity index (χ3n) is 6.04. The summed E-state index contributed by atoms with van der Waals surface area (Å²) in [6, 6.07) is -1.07. The van der Waals surface area contributed by atoms with Gasteiger partial charge in [-0.3, -0.25) is 9.35 Å². The van der Waals surface area contributed by atoms with E-state index < -0.39 is 28.0 Å². The Kier molecular flexibility index (Phi) is 23.0. The number of amides is 1. The van der Waals surface area contributed by atoms with Gasteiger partial charge in [-0.05, 0) is 51.4 Å². The molecule has 0 spiro atoms. The highest BCUT2D eigenvalue weighted by Crippen LogP contribution is 2.10. The second-order valence-corrected chi connectivity index (χ2v) is 11.2. The van der Waals surface area contributed by atoms with Gasteiger partial charge in [-0.15, -0.1) is 0 Å². The molecule has 7 heteroatoms. The van der Waals surface area contributed by atoms with Crippen LogP contribution in [0.2, 0.25) is 0 Å². The molecule has 2 unspecified atom stereocenters. The van der Waals surface area contributed by atoms with Gasteiger partial charge in [-0.2, -0.15) is 8.42 Å². The summed E-state index contributed by atoms with van der Waals surface area (Å²) in [7, 11) is -4.34. The number of carbonyl (C=O) groups excluding carboxylic acids is 1. The van der Waals surface area contributed by atoms with Crippen molar-refractivity contribution >= 4 is 16.0 Å². The zero-order valence-electron chi connectivity index (χ0n) is 22.9. The topological polar surface area (TPSA) is 104 Å². The van der Waals surface area contributed by atoms with Crippen LogP contribution in [0.4, 0.5) is 0 Å². The Labute approximate surface area is 221 Å². The van der Waals surface area contributed by atoms with Gasteiger partial charge in [0.15, 0.2) is 0 Å². The molecule has 36 heavy (non-hydrogen) atoms. The predicted octanol–water partition coefficient (Wildman–Crippen LogP) is 7.06. The van der Waals surface area contributed by atoms with Gasteiger partial charge in [0.25, 0.3) is 10.1 Å². The molecule has 0 aromatic rings. The Bertz CT molecular complexity index is 715. The van der Waals surface area contributed by atoms with Crippen LogP contribution in [0.5, 0.6) is 0 Å². The van der Waals surface area contributed by atoms with Crippen LogP contribution in [0, 0.1) is 0 Å². The lowest BCUT2D eigenvalue weighted by atomic mass is 10.1. The molecule has 210 valence electrons. The lowest BCUT2D eigenvalue weighted by Gasteiger charge is -2.21. The average molecular weight is 528 g/mol. The fraction of sp³-hybridized carbons (Fsp3) is 0.759. The van der Waals surface area contributed by atoms with Crippen LogP contribution >= 0.6 is 0 Å². The third kappa shape index (κ3) is 24.3. The molecule has 0 aliphatic carbocycles. The number of allylic oxidation sites excluding steroid dienone is 5. The molecule has 0 saturated carbocycles. The molecule has 6 nitrogen and oxygen atoms in total. The quantitative estimate of drug-likeness (QED) is 0.0708. The minimum atomic E-state index is -4.34. The SMILES string of the molecule is CCCC/C=C\CCCCCCCC(=O)NC(CS(=O)(=O)O)C(O)/C=C/CC/C=C/CCCCCC. The summed E-state index contributed by atoms with van der Waals surface area (Å²) in [6.45, 7) is 4.39. The first-order valence-electron chi connectivity index (χ1n) is 14.2. The van der Waals surface area contributed by atoms with Crippen molar-refractivity contribution in [3.05, 3.63) is 36.5 Å². The highest BCUT2D eigenvalue weighted by Gasteiger charge is 2.24. The van der Waals surface area contributed by atoms with Crippen LogP contribution in [-0.4, -0.2) is 41.9 Å². The summed E-state index contributed by atoms with van der Waals surface area (Å²) < 4.78 is 32.0. The van der Waals surface area contributed by atoms with Crippen molar-refractivity contribution in [2.24, 2.45) is 0 Å². The van der Waals surface area contributed by atoms with E-state index in [4.69, 9.17) is 0 Å². The van der Waals surface area contributed by atoms with Crippen molar-refractivity contribution in [3.63, 3.8) is 0 Å². The standard InChI is InChI=1S/C29H53NO5S/c1-3-5-7-9-11-13-15-17-19-21-23-25-29(32)30-27(26-36(33,34)35)28(31)24-22-20-18-16-14-12-10-8-6-4-2/h9,11,14,16,22,24,27-28,31H,3-8,10,12-13,15,17-21,23,25-26H2,1-2H3,(H,30,32)(H,33,34,35)/b11-9-,16-14+,24-22+. The first-order valence-corrected chi connectivity index (χ1v) is 15.8. The first-order chi connectivity index (χ1) is 17.3. The second-order valence-electron chi connectivity index (χ2n) is 9.66. The number of aliphatic hydroxyl groups excluding tert-OH is 1. The monoisotopic (exact) mass is 527 g/mol. The van der Waals surface area contributed by atoms with Gasteiger partial charge in [-0.25, -0.2) is 0 Å². The summed E-state index contributed by atoms with van der Waals surface area (Å²) >= 11 is 0. The molecule has 0 heterocycles. The van der Waals surface area contributed by atoms with Crippen molar-refractivity contribution in [2.75, 3.05) is 5.75 Å². The first kappa shape index (κ1) is 34.6. The molecule has 0 rings (SSSR count). The maximum absolute atomic E-state index is 12.3. The lowest BCUT2D eigenvalue weighted by Crippen LogP contribution is -2.46.